The van der Waals surface area contributed by atoms with Gasteiger partial charge in [0.05, 0.1) is 25.3 Å². The van der Waals surface area contributed by atoms with E-state index in [2.05, 4.69) is 39.8 Å². The number of ether oxygens (including phenoxy) is 3. The molecular weight excluding hydrogens is 608 g/mol. The summed E-state index contributed by atoms with van der Waals surface area (Å²) in [5.41, 5.74) is 4.48. The van der Waals surface area contributed by atoms with E-state index < -0.39 is 0 Å². The molecule has 3 rings (SSSR count). The number of hydrogen-bond donors (Lipinski definition) is 0. The Bertz CT molecular complexity index is 1260. The van der Waals surface area contributed by atoms with Crippen LogP contribution in [-0.4, -0.2) is 26.2 Å². The molecule has 0 N–H and O–H groups in total. The van der Waals surface area contributed by atoms with E-state index in [1.165, 1.54) is 104 Å². The first-order valence-electron chi connectivity index (χ1n) is 19.9. The molecule has 0 heterocycles. The van der Waals surface area contributed by atoms with Gasteiger partial charge in [-0.15, -0.1) is 0 Å². The highest BCUT2D eigenvalue weighted by Crippen LogP contribution is 2.47. The van der Waals surface area contributed by atoms with Crippen molar-refractivity contribution in [3.8, 4) is 5.75 Å². The van der Waals surface area contributed by atoms with Crippen molar-refractivity contribution < 1.29 is 23.8 Å². The Labute approximate surface area is 299 Å². The Morgan fingerprint density at radius 1 is 0.633 bits per heavy atom. The quantitative estimate of drug-likeness (QED) is 0.234. The van der Waals surface area contributed by atoms with Crippen LogP contribution in [-0.2, 0) is 27.9 Å². The third kappa shape index (κ3) is 11.9. The second kappa shape index (κ2) is 21.4. The normalized spacial score (nSPS) is 20.0. The number of esters is 2. The van der Waals surface area contributed by atoms with Gasteiger partial charge in [0.2, 0.25) is 0 Å². The SMILES string of the molecule is CCCC1(CC)CCCCCCCCCCCCCCCC(CC)(CC)c2cc(C(=O)OC)cc(c2OCc2ccc(C(=O)OC)cc2)C1. The second-order valence-electron chi connectivity index (χ2n) is 14.8. The van der Waals surface area contributed by atoms with E-state index in [1.807, 2.05) is 12.1 Å². The van der Waals surface area contributed by atoms with Gasteiger partial charge >= 0.3 is 11.9 Å². The van der Waals surface area contributed by atoms with Crippen molar-refractivity contribution in [3.63, 3.8) is 0 Å². The van der Waals surface area contributed by atoms with Gasteiger partial charge < -0.3 is 14.2 Å². The van der Waals surface area contributed by atoms with Crippen molar-refractivity contribution >= 4 is 11.9 Å². The molecule has 0 fully saturated rings. The monoisotopic (exact) mass is 677 g/mol. The van der Waals surface area contributed by atoms with E-state index in [1.54, 1.807) is 12.1 Å². The van der Waals surface area contributed by atoms with Gasteiger partial charge in [-0.3, -0.25) is 0 Å². The number of methoxy groups -OCH3 is 2. The van der Waals surface area contributed by atoms with E-state index in [0.717, 1.165) is 67.4 Å². The molecule has 0 aliphatic heterocycles. The third-order valence-electron chi connectivity index (χ3n) is 11.7. The lowest BCUT2D eigenvalue weighted by atomic mass is 9.68. The van der Waals surface area contributed by atoms with Crippen LogP contribution in [0.1, 0.15) is 194 Å². The van der Waals surface area contributed by atoms with Crippen LogP contribution in [0.5, 0.6) is 5.75 Å². The van der Waals surface area contributed by atoms with Crippen LogP contribution in [0.4, 0.5) is 0 Å². The average Bonchev–Trinajstić information content (AvgIpc) is 3.13. The van der Waals surface area contributed by atoms with Crippen molar-refractivity contribution in [1.82, 2.24) is 0 Å². The fourth-order valence-corrected chi connectivity index (χ4v) is 8.37. The minimum atomic E-state index is -0.342. The van der Waals surface area contributed by atoms with E-state index in [-0.39, 0.29) is 22.8 Å². The number of carbonyl (C=O) groups is 2. The molecule has 274 valence electrons. The molecule has 0 saturated heterocycles. The molecule has 5 heteroatoms. The average molecular weight is 677 g/mol. The lowest BCUT2D eigenvalue weighted by molar-refractivity contribution is 0.0591. The summed E-state index contributed by atoms with van der Waals surface area (Å²) in [4.78, 5) is 25.4. The van der Waals surface area contributed by atoms with Gasteiger partial charge in [0.25, 0.3) is 0 Å². The minimum absolute atomic E-state index is 0.110. The van der Waals surface area contributed by atoms with Crippen LogP contribution in [0.25, 0.3) is 0 Å². The number of fused-ring (bicyclic) bond motifs is 2. The van der Waals surface area contributed by atoms with Crippen molar-refractivity contribution in [2.24, 2.45) is 5.41 Å². The summed E-state index contributed by atoms with van der Waals surface area (Å²) < 4.78 is 17.3. The number of benzene rings is 2. The zero-order chi connectivity index (χ0) is 35.5. The molecule has 0 spiro atoms. The Balaban J connectivity index is 2.15. The van der Waals surface area contributed by atoms with Crippen LogP contribution in [0.3, 0.4) is 0 Å². The molecule has 1 aliphatic carbocycles. The molecule has 2 bridgehead atoms. The fourth-order valence-electron chi connectivity index (χ4n) is 8.37. The van der Waals surface area contributed by atoms with Crippen molar-refractivity contribution in [2.75, 3.05) is 14.2 Å². The van der Waals surface area contributed by atoms with Gasteiger partial charge in [0.15, 0.2) is 0 Å². The fraction of sp³-hybridized carbons (Fsp3) is 0.682. The van der Waals surface area contributed by atoms with Crippen LogP contribution < -0.4 is 4.74 Å². The van der Waals surface area contributed by atoms with Crippen LogP contribution >= 0.6 is 0 Å². The highest BCUT2D eigenvalue weighted by atomic mass is 16.5. The summed E-state index contributed by atoms with van der Waals surface area (Å²) >= 11 is 0. The largest absolute Gasteiger partial charge is 0.488 e. The maximum Gasteiger partial charge on any atom is 0.337 e. The molecule has 5 nitrogen and oxygen atoms in total. The summed E-state index contributed by atoms with van der Waals surface area (Å²) in [6.45, 7) is 9.65. The summed E-state index contributed by atoms with van der Waals surface area (Å²) in [7, 11) is 2.89. The summed E-state index contributed by atoms with van der Waals surface area (Å²) in [5, 5.41) is 0. The predicted molar refractivity (Wildman–Crippen MR) is 203 cm³/mol. The first-order valence-corrected chi connectivity index (χ1v) is 19.9. The van der Waals surface area contributed by atoms with Crippen LogP contribution in [0.2, 0.25) is 0 Å². The standard InChI is InChI=1S/C44H68O5/c1-7-28-43(8-2)29-22-20-18-16-14-12-11-13-15-17-19-21-23-30-44(9-3,10-4)39-32-37(42(46)48-6)31-38(33-43)40(39)49-34-35-24-26-36(27-25-35)41(45)47-5/h24-27,31-32H,7-23,28-30,33-34H2,1-6H3. The topological polar surface area (TPSA) is 61.8 Å². The molecule has 2 aromatic carbocycles. The van der Waals surface area contributed by atoms with Gasteiger partial charge in [0.1, 0.15) is 12.4 Å². The van der Waals surface area contributed by atoms with Gasteiger partial charge in [-0.05, 0) is 84.7 Å². The van der Waals surface area contributed by atoms with Crippen molar-refractivity contribution in [2.45, 2.75) is 175 Å². The zero-order valence-corrected chi connectivity index (χ0v) is 32.1. The molecule has 0 radical (unpaired) electrons. The smallest absolute Gasteiger partial charge is 0.337 e. The summed E-state index contributed by atoms with van der Waals surface area (Å²) in [6.07, 6.45) is 25.6. The van der Waals surface area contributed by atoms with E-state index in [4.69, 9.17) is 14.2 Å². The van der Waals surface area contributed by atoms with E-state index in [0.29, 0.717) is 17.7 Å². The molecule has 2 aromatic rings. The van der Waals surface area contributed by atoms with Crippen molar-refractivity contribution in [1.29, 1.82) is 0 Å². The van der Waals surface area contributed by atoms with E-state index >= 15 is 0 Å². The Kier molecular flexibility index (Phi) is 17.7. The lowest BCUT2D eigenvalue weighted by Gasteiger charge is -2.38. The van der Waals surface area contributed by atoms with Crippen molar-refractivity contribution in [3.05, 3.63) is 64.2 Å². The van der Waals surface area contributed by atoms with Gasteiger partial charge in [-0.25, -0.2) is 9.59 Å². The molecule has 1 atom stereocenters. The zero-order valence-electron chi connectivity index (χ0n) is 32.1. The molecule has 0 aromatic heterocycles. The Morgan fingerprint density at radius 2 is 1.14 bits per heavy atom. The highest BCUT2D eigenvalue weighted by Gasteiger charge is 2.36. The summed E-state index contributed by atoms with van der Waals surface area (Å²) in [5.74, 6) is 0.329. The molecular formula is C44H68O5. The molecule has 0 amide bonds. The second-order valence-corrected chi connectivity index (χ2v) is 14.8. The Morgan fingerprint density at radius 3 is 1.63 bits per heavy atom. The van der Waals surface area contributed by atoms with Gasteiger partial charge in [-0.2, -0.15) is 0 Å². The van der Waals surface area contributed by atoms with Crippen LogP contribution in [0, 0.1) is 5.41 Å². The Hall–Kier alpha value is -2.82. The first kappa shape index (κ1) is 40.6. The van der Waals surface area contributed by atoms with Crippen LogP contribution in [0.15, 0.2) is 36.4 Å². The third-order valence-corrected chi connectivity index (χ3v) is 11.7. The predicted octanol–water partition coefficient (Wildman–Crippen LogP) is 12.5. The van der Waals surface area contributed by atoms with Gasteiger partial charge in [-0.1, -0.05) is 136 Å². The first-order chi connectivity index (χ1) is 23.8. The molecule has 0 saturated carbocycles. The summed E-state index contributed by atoms with van der Waals surface area (Å²) in [6, 6.07) is 11.7. The molecule has 1 unspecified atom stereocenters. The minimum Gasteiger partial charge on any atom is -0.488 e. The highest BCUT2D eigenvalue weighted by molar-refractivity contribution is 5.90. The molecule has 1 aliphatic rings. The van der Waals surface area contributed by atoms with E-state index in [9.17, 15) is 9.59 Å². The van der Waals surface area contributed by atoms with Gasteiger partial charge in [0, 0.05) is 5.56 Å². The number of carbonyl (C=O) groups excluding carboxylic acids is 2. The number of rotatable bonds is 10. The number of hydrogen-bond acceptors (Lipinski definition) is 5. The maximum atomic E-state index is 13.3. The lowest BCUT2D eigenvalue weighted by Crippen LogP contribution is -2.28. The maximum absolute atomic E-state index is 13.3. The molecule has 49 heavy (non-hydrogen) atoms.